The maximum absolute atomic E-state index is 10.6. The highest BCUT2D eigenvalue weighted by molar-refractivity contribution is 9.10. The Kier molecular flexibility index (Phi) is 5.11. The van der Waals surface area contributed by atoms with Crippen LogP contribution in [0.15, 0.2) is 10.5 Å². The average molecular weight is 353 g/mol. The summed E-state index contributed by atoms with van der Waals surface area (Å²) in [7, 11) is 0. The average Bonchev–Trinajstić information content (AvgIpc) is 2.74. The third kappa shape index (κ3) is 3.32. The molecule has 0 amide bonds. The largest absolute Gasteiger partial charge is 0.388 e. The number of rotatable bonds is 5. The molecule has 21 heavy (non-hydrogen) atoms. The lowest BCUT2D eigenvalue weighted by molar-refractivity contribution is 0.173. The van der Waals surface area contributed by atoms with Crippen molar-refractivity contribution in [2.45, 2.75) is 53.2 Å². The number of hydrogen-bond donors (Lipinski definition) is 1. The Labute approximate surface area is 133 Å². The Balaban J connectivity index is 2.34. The molecule has 0 spiro atoms. The molecular weight excluding hydrogens is 332 g/mol. The van der Waals surface area contributed by atoms with Crippen LogP contribution in [0.5, 0.6) is 0 Å². The summed E-state index contributed by atoms with van der Waals surface area (Å²) in [5, 5.41) is 23.4. The van der Waals surface area contributed by atoms with Gasteiger partial charge >= 0.3 is 0 Å². The van der Waals surface area contributed by atoms with Gasteiger partial charge in [0, 0.05) is 18.5 Å². The molecule has 0 aliphatic carbocycles. The molecule has 0 saturated heterocycles. The van der Waals surface area contributed by atoms with E-state index in [4.69, 9.17) is 0 Å². The molecule has 2 rings (SSSR count). The normalized spacial score (nSPS) is 12.7. The fourth-order valence-electron chi connectivity index (χ4n) is 2.45. The SMILES string of the molecule is CCc1nnc(C)cc1C(O)Cc1c(Br)c(C)nn1CC. The Morgan fingerprint density at radius 1 is 1.29 bits per heavy atom. The van der Waals surface area contributed by atoms with Crippen LogP contribution in [0.2, 0.25) is 0 Å². The van der Waals surface area contributed by atoms with E-state index in [9.17, 15) is 5.11 Å². The number of aryl methyl sites for hydroxylation is 4. The maximum atomic E-state index is 10.6. The summed E-state index contributed by atoms with van der Waals surface area (Å²) in [6.45, 7) is 8.69. The number of nitrogens with zero attached hydrogens (tertiary/aromatic N) is 4. The Morgan fingerprint density at radius 3 is 2.62 bits per heavy atom. The molecule has 2 heterocycles. The molecule has 0 saturated carbocycles. The van der Waals surface area contributed by atoms with E-state index >= 15 is 0 Å². The Morgan fingerprint density at radius 2 is 2.00 bits per heavy atom. The van der Waals surface area contributed by atoms with Crippen LogP contribution in [0.3, 0.4) is 0 Å². The van der Waals surface area contributed by atoms with Gasteiger partial charge in [-0.3, -0.25) is 4.68 Å². The van der Waals surface area contributed by atoms with Crippen molar-refractivity contribution in [1.82, 2.24) is 20.0 Å². The first-order valence-corrected chi connectivity index (χ1v) is 8.00. The summed E-state index contributed by atoms with van der Waals surface area (Å²) >= 11 is 3.57. The van der Waals surface area contributed by atoms with Crippen LogP contribution in [-0.2, 0) is 19.4 Å². The number of hydrogen-bond acceptors (Lipinski definition) is 4. The van der Waals surface area contributed by atoms with Crippen LogP contribution in [0.1, 0.15) is 48.3 Å². The third-order valence-corrected chi connectivity index (χ3v) is 4.59. The molecule has 0 radical (unpaired) electrons. The number of aromatic nitrogens is 4. The van der Waals surface area contributed by atoms with E-state index in [1.807, 2.05) is 38.4 Å². The fourth-order valence-corrected chi connectivity index (χ4v) is 2.90. The van der Waals surface area contributed by atoms with E-state index in [1.165, 1.54) is 0 Å². The summed E-state index contributed by atoms with van der Waals surface area (Å²) in [5.41, 5.74) is 4.49. The summed E-state index contributed by atoms with van der Waals surface area (Å²) in [6.07, 6.45) is 0.659. The number of aliphatic hydroxyl groups is 1. The smallest absolute Gasteiger partial charge is 0.0864 e. The molecule has 114 valence electrons. The van der Waals surface area contributed by atoms with Crippen molar-refractivity contribution in [3.05, 3.63) is 38.9 Å². The summed E-state index contributed by atoms with van der Waals surface area (Å²) < 4.78 is 2.90. The lowest BCUT2D eigenvalue weighted by Crippen LogP contribution is -2.12. The van der Waals surface area contributed by atoms with Crippen LogP contribution in [0.4, 0.5) is 0 Å². The van der Waals surface area contributed by atoms with E-state index in [0.717, 1.165) is 45.8 Å². The van der Waals surface area contributed by atoms with E-state index < -0.39 is 6.10 Å². The number of aliphatic hydroxyl groups excluding tert-OH is 1. The topological polar surface area (TPSA) is 63.8 Å². The molecule has 0 aromatic carbocycles. The highest BCUT2D eigenvalue weighted by Crippen LogP contribution is 2.27. The van der Waals surface area contributed by atoms with Crippen molar-refractivity contribution in [2.24, 2.45) is 0 Å². The van der Waals surface area contributed by atoms with E-state index in [-0.39, 0.29) is 0 Å². The predicted molar refractivity (Wildman–Crippen MR) is 85.1 cm³/mol. The van der Waals surface area contributed by atoms with E-state index in [1.54, 1.807) is 0 Å². The second kappa shape index (κ2) is 6.66. The van der Waals surface area contributed by atoms with Gasteiger partial charge in [-0.25, -0.2) is 0 Å². The highest BCUT2D eigenvalue weighted by Gasteiger charge is 2.20. The quantitative estimate of drug-likeness (QED) is 0.898. The maximum Gasteiger partial charge on any atom is 0.0864 e. The molecule has 2 aromatic heterocycles. The van der Waals surface area contributed by atoms with E-state index in [2.05, 4.69) is 31.2 Å². The molecule has 0 aliphatic heterocycles. The van der Waals surface area contributed by atoms with Crippen LogP contribution < -0.4 is 0 Å². The number of halogens is 1. The predicted octanol–water partition coefficient (Wildman–Crippen LogP) is 2.91. The van der Waals surface area contributed by atoms with Gasteiger partial charge in [-0.2, -0.15) is 15.3 Å². The zero-order valence-corrected chi connectivity index (χ0v) is 14.5. The second-order valence-electron chi connectivity index (χ2n) is 5.12. The van der Waals surface area contributed by atoms with E-state index in [0.29, 0.717) is 6.42 Å². The standard InChI is InChI=1S/C15H21BrN4O/c1-5-12-11(7-9(3)17-18-12)14(21)8-13-15(16)10(4)19-20(13)6-2/h7,14,21H,5-6,8H2,1-4H3. The molecule has 0 bridgehead atoms. The zero-order valence-electron chi connectivity index (χ0n) is 12.9. The molecule has 1 N–H and O–H groups in total. The highest BCUT2D eigenvalue weighted by atomic mass is 79.9. The minimum absolute atomic E-state index is 0.507. The lowest BCUT2D eigenvalue weighted by atomic mass is 10.0. The first kappa shape index (κ1) is 16.1. The monoisotopic (exact) mass is 352 g/mol. The van der Waals surface area contributed by atoms with Crippen LogP contribution in [0, 0.1) is 13.8 Å². The van der Waals surface area contributed by atoms with Crippen molar-refractivity contribution in [3.8, 4) is 0 Å². The van der Waals surface area contributed by atoms with Crippen molar-refractivity contribution in [3.63, 3.8) is 0 Å². The van der Waals surface area contributed by atoms with Crippen molar-refractivity contribution in [1.29, 1.82) is 0 Å². The zero-order chi connectivity index (χ0) is 15.6. The first-order chi connectivity index (χ1) is 9.97. The minimum Gasteiger partial charge on any atom is -0.388 e. The van der Waals surface area contributed by atoms with Gasteiger partial charge in [0.2, 0.25) is 0 Å². The van der Waals surface area contributed by atoms with Gasteiger partial charge in [0.25, 0.3) is 0 Å². The van der Waals surface area contributed by atoms with Crippen LogP contribution >= 0.6 is 15.9 Å². The summed E-state index contributed by atoms with van der Waals surface area (Å²) in [4.78, 5) is 0. The van der Waals surface area contributed by atoms with Gasteiger partial charge in [0.05, 0.1) is 33.4 Å². The molecule has 1 atom stereocenters. The van der Waals surface area contributed by atoms with Crippen LogP contribution in [0.25, 0.3) is 0 Å². The minimum atomic E-state index is -0.605. The Bertz CT molecular complexity index is 639. The van der Waals surface area contributed by atoms with Gasteiger partial charge in [-0.15, -0.1) is 0 Å². The van der Waals surface area contributed by atoms with Crippen molar-refractivity contribution < 1.29 is 5.11 Å². The van der Waals surface area contributed by atoms with Gasteiger partial charge in [0.1, 0.15) is 0 Å². The molecular formula is C15H21BrN4O. The first-order valence-electron chi connectivity index (χ1n) is 7.20. The van der Waals surface area contributed by atoms with Crippen molar-refractivity contribution >= 4 is 15.9 Å². The second-order valence-corrected chi connectivity index (χ2v) is 5.92. The molecule has 2 aromatic rings. The summed E-state index contributed by atoms with van der Waals surface area (Å²) in [6, 6.07) is 1.92. The fraction of sp³-hybridized carbons (Fsp3) is 0.533. The Hall–Kier alpha value is -1.27. The third-order valence-electron chi connectivity index (χ3n) is 3.56. The van der Waals surface area contributed by atoms with Gasteiger partial charge < -0.3 is 5.11 Å². The van der Waals surface area contributed by atoms with Gasteiger partial charge in [-0.1, -0.05) is 6.92 Å². The molecule has 0 aliphatic rings. The summed E-state index contributed by atoms with van der Waals surface area (Å²) in [5.74, 6) is 0. The molecule has 1 unspecified atom stereocenters. The molecule has 5 nitrogen and oxygen atoms in total. The van der Waals surface area contributed by atoms with Gasteiger partial charge in [-0.05, 0) is 49.2 Å². The van der Waals surface area contributed by atoms with Crippen molar-refractivity contribution in [2.75, 3.05) is 0 Å². The molecule has 0 fully saturated rings. The van der Waals surface area contributed by atoms with Gasteiger partial charge in [0.15, 0.2) is 0 Å². The van der Waals surface area contributed by atoms with Crippen LogP contribution in [-0.4, -0.2) is 25.1 Å². The molecule has 6 heteroatoms. The lowest BCUT2D eigenvalue weighted by Gasteiger charge is -2.15.